The molecule has 0 atom stereocenters. The third kappa shape index (κ3) is 19.4. The zero-order valence-electron chi connectivity index (χ0n) is 21.7. The van der Waals surface area contributed by atoms with Crippen molar-refractivity contribution < 1.29 is 0 Å². The Kier molecular flexibility index (Phi) is 22.5. The predicted octanol–water partition coefficient (Wildman–Crippen LogP) is 11.7. The van der Waals surface area contributed by atoms with Crippen LogP contribution in [0.3, 0.4) is 0 Å². The molecule has 0 radical (unpaired) electrons. The van der Waals surface area contributed by atoms with Crippen LogP contribution in [0.25, 0.3) is 0 Å². The SMILES string of the molecule is CCCCCCCCCCCCSc1cccc(SCCCCCCCCCCCC)c1. The average Bonchev–Trinajstić information content (AvgIpc) is 2.81. The first-order valence-electron chi connectivity index (χ1n) is 14.2. The third-order valence-corrected chi connectivity index (χ3v) is 8.50. The Labute approximate surface area is 210 Å². The van der Waals surface area contributed by atoms with Crippen molar-refractivity contribution in [3.05, 3.63) is 24.3 Å². The number of thioether (sulfide) groups is 2. The molecule has 0 saturated heterocycles. The molecule has 0 aliphatic heterocycles. The van der Waals surface area contributed by atoms with E-state index in [4.69, 9.17) is 0 Å². The maximum absolute atomic E-state index is 2.42. The molecule has 0 saturated carbocycles. The highest BCUT2D eigenvalue weighted by atomic mass is 32.2. The summed E-state index contributed by atoms with van der Waals surface area (Å²) in [5.41, 5.74) is 0. The Morgan fingerprint density at radius 2 is 0.750 bits per heavy atom. The smallest absolute Gasteiger partial charge is 0.00830 e. The van der Waals surface area contributed by atoms with Crippen molar-refractivity contribution in [1.29, 1.82) is 0 Å². The van der Waals surface area contributed by atoms with Crippen LogP contribution >= 0.6 is 23.5 Å². The van der Waals surface area contributed by atoms with E-state index in [2.05, 4.69) is 61.6 Å². The molecule has 0 aromatic heterocycles. The summed E-state index contributed by atoms with van der Waals surface area (Å²) in [6, 6.07) is 9.26. The van der Waals surface area contributed by atoms with Crippen LogP contribution in [0.5, 0.6) is 0 Å². The Morgan fingerprint density at radius 3 is 1.09 bits per heavy atom. The summed E-state index contributed by atoms with van der Waals surface area (Å²) in [5.74, 6) is 2.56. The first kappa shape index (κ1) is 30.0. The van der Waals surface area contributed by atoms with Gasteiger partial charge in [-0.1, -0.05) is 135 Å². The summed E-state index contributed by atoms with van der Waals surface area (Å²) in [6.45, 7) is 4.60. The quantitative estimate of drug-likeness (QED) is 0.107. The lowest BCUT2D eigenvalue weighted by Crippen LogP contribution is -1.85. The van der Waals surface area contributed by atoms with Gasteiger partial charge < -0.3 is 0 Å². The number of unbranched alkanes of at least 4 members (excludes halogenated alkanes) is 18. The molecular weight excluding hydrogens is 424 g/mol. The van der Waals surface area contributed by atoms with Crippen molar-refractivity contribution in [2.75, 3.05) is 11.5 Å². The van der Waals surface area contributed by atoms with Crippen LogP contribution in [-0.2, 0) is 0 Å². The standard InChI is InChI=1S/C30H54S2/c1-3-5-7-9-11-13-15-17-19-21-26-31-29-24-23-25-30(28-29)32-27-22-20-18-16-14-12-10-8-6-4-2/h23-25,28H,3-22,26-27H2,1-2H3. The molecule has 0 aliphatic rings. The van der Waals surface area contributed by atoms with Crippen LogP contribution in [-0.4, -0.2) is 11.5 Å². The maximum Gasteiger partial charge on any atom is 0.00830 e. The molecule has 1 aromatic rings. The van der Waals surface area contributed by atoms with Crippen LogP contribution in [0.2, 0.25) is 0 Å². The molecule has 0 heterocycles. The number of hydrogen-bond donors (Lipinski definition) is 0. The zero-order chi connectivity index (χ0) is 23.0. The van der Waals surface area contributed by atoms with Crippen molar-refractivity contribution >= 4 is 23.5 Å². The van der Waals surface area contributed by atoms with Gasteiger partial charge in [0.2, 0.25) is 0 Å². The minimum absolute atomic E-state index is 1.28. The van der Waals surface area contributed by atoms with Gasteiger partial charge in [0.05, 0.1) is 0 Å². The largest absolute Gasteiger partial charge is 0.126 e. The van der Waals surface area contributed by atoms with Crippen LogP contribution < -0.4 is 0 Å². The Morgan fingerprint density at radius 1 is 0.438 bits per heavy atom. The topological polar surface area (TPSA) is 0 Å². The molecule has 1 rings (SSSR count). The number of hydrogen-bond acceptors (Lipinski definition) is 2. The lowest BCUT2D eigenvalue weighted by atomic mass is 10.1. The van der Waals surface area contributed by atoms with E-state index in [0.29, 0.717) is 0 Å². The van der Waals surface area contributed by atoms with Gasteiger partial charge in [-0.2, -0.15) is 0 Å². The van der Waals surface area contributed by atoms with Gasteiger partial charge in [0.15, 0.2) is 0 Å². The highest BCUT2D eigenvalue weighted by Crippen LogP contribution is 2.27. The van der Waals surface area contributed by atoms with E-state index in [0.717, 1.165) is 0 Å². The molecule has 186 valence electrons. The zero-order valence-corrected chi connectivity index (χ0v) is 23.3. The fourth-order valence-electron chi connectivity index (χ4n) is 4.21. The summed E-state index contributed by atoms with van der Waals surface area (Å²) >= 11 is 4.12. The number of rotatable bonds is 24. The Bertz CT molecular complexity index is 458. The predicted molar refractivity (Wildman–Crippen MR) is 152 cm³/mol. The van der Waals surface area contributed by atoms with Crippen LogP contribution in [0.4, 0.5) is 0 Å². The fourth-order valence-corrected chi connectivity index (χ4v) is 6.23. The van der Waals surface area contributed by atoms with Gasteiger partial charge >= 0.3 is 0 Å². The average molecular weight is 479 g/mol. The highest BCUT2D eigenvalue weighted by molar-refractivity contribution is 8.00. The molecule has 0 nitrogen and oxygen atoms in total. The summed E-state index contributed by atoms with van der Waals surface area (Å²) in [7, 11) is 0. The molecule has 0 N–H and O–H groups in total. The van der Waals surface area contributed by atoms with Crippen molar-refractivity contribution in [3.63, 3.8) is 0 Å². The number of benzene rings is 1. The molecule has 0 bridgehead atoms. The van der Waals surface area contributed by atoms with Gasteiger partial charge in [-0.3, -0.25) is 0 Å². The second-order valence-electron chi connectivity index (χ2n) is 9.54. The molecule has 0 amide bonds. The molecular formula is C30H54S2. The molecule has 0 fully saturated rings. The third-order valence-electron chi connectivity index (χ3n) is 6.34. The molecule has 0 aliphatic carbocycles. The van der Waals surface area contributed by atoms with Crippen LogP contribution in [0.15, 0.2) is 34.1 Å². The summed E-state index contributed by atoms with van der Waals surface area (Å²) < 4.78 is 0. The van der Waals surface area contributed by atoms with E-state index < -0.39 is 0 Å². The van der Waals surface area contributed by atoms with Crippen molar-refractivity contribution in [3.8, 4) is 0 Å². The van der Waals surface area contributed by atoms with E-state index in [1.807, 2.05) is 0 Å². The Balaban J connectivity index is 1.94. The second-order valence-corrected chi connectivity index (χ2v) is 11.9. The summed E-state index contributed by atoms with van der Waals surface area (Å²) in [4.78, 5) is 2.93. The summed E-state index contributed by atoms with van der Waals surface area (Å²) in [6.07, 6.45) is 28.5. The minimum Gasteiger partial charge on any atom is -0.126 e. The molecule has 2 heteroatoms. The van der Waals surface area contributed by atoms with Gasteiger partial charge in [0.25, 0.3) is 0 Å². The van der Waals surface area contributed by atoms with Crippen LogP contribution in [0.1, 0.15) is 142 Å². The minimum atomic E-state index is 1.28. The molecule has 0 spiro atoms. The lowest BCUT2D eigenvalue weighted by Gasteiger charge is -2.06. The van der Waals surface area contributed by atoms with Crippen LogP contribution in [0, 0.1) is 0 Å². The molecule has 0 unspecified atom stereocenters. The first-order valence-corrected chi connectivity index (χ1v) is 16.2. The summed E-state index contributed by atoms with van der Waals surface area (Å²) in [5, 5.41) is 0. The van der Waals surface area contributed by atoms with Gasteiger partial charge in [-0.05, 0) is 42.5 Å². The van der Waals surface area contributed by atoms with E-state index in [9.17, 15) is 0 Å². The molecule has 32 heavy (non-hydrogen) atoms. The van der Waals surface area contributed by atoms with Gasteiger partial charge in [-0.15, -0.1) is 23.5 Å². The van der Waals surface area contributed by atoms with E-state index in [-0.39, 0.29) is 0 Å². The van der Waals surface area contributed by atoms with Crippen molar-refractivity contribution in [2.45, 2.75) is 152 Å². The first-order chi connectivity index (χ1) is 15.9. The van der Waals surface area contributed by atoms with Crippen molar-refractivity contribution in [1.82, 2.24) is 0 Å². The highest BCUT2D eigenvalue weighted by Gasteiger charge is 2.00. The van der Waals surface area contributed by atoms with Crippen molar-refractivity contribution in [2.24, 2.45) is 0 Å². The van der Waals surface area contributed by atoms with E-state index >= 15 is 0 Å². The monoisotopic (exact) mass is 478 g/mol. The normalized spacial score (nSPS) is 11.3. The lowest BCUT2D eigenvalue weighted by molar-refractivity contribution is 0.563. The van der Waals surface area contributed by atoms with E-state index in [1.165, 1.54) is 150 Å². The maximum atomic E-state index is 2.42. The molecule has 1 aromatic carbocycles. The van der Waals surface area contributed by atoms with E-state index in [1.54, 1.807) is 0 Å². The second kappa shape index (κ2) is 24.1. The Hall–Kier alpha value is -0.0800. The van der Waals surface area contributed by atoms with Gasteiger partial charge in [0.1, 0.15) is 0 Å². The fraction of sp³-hybridized carbons (Fsp3) is 0.800. The van der Waals surface area contributed by atoms with Gasteiger partial charge in [-0.25, -0.2) is 0 Å². The van der Waals surface area contributed by atoms with Gasteiger partial charge in [0, 0.05) is 9.79 Å².